The highest BCUT2D eigenvalue weighted by Crippen LogP contribution is 2.29. The van der Waals surface area contributed by atoms with Crippen molar-refractivity contribution in [2.45, 2.75) is 13.0 Å². The molecule has 0 unspecified atom stereocenters. The van der Waals surface area contributed by atoms with Crippen LogP contribution in [0.5, 0.6) is 11.5 Å². The van der Waals surface area contributed by atoms with Crippen LogP contribution < -0.4 is 15.2 Å². The highest BCUT2D eigenvalue weighted by molar-refractivity contribution is 5.91. The summed E-state index contributed by atoms with van der Waals surface area (Å²) in [6.07, 6.45) is -1.35. The third kappa shape index (κ3) is 4.13. The average Bonchev–Trinajstić information content (AvgIpc) is 3.13. The van der Waals surface area contributed by atoms with Crippen molar-refractivity contribution in [1.82, 2.24) is 19.7 Å². The summed E-state index contributed by atoms with van der Waals surface area (Å²) in [4.78, 5) is 8.42. The normalized spacial score (nSPS) is 11.3. The van der Waals surface area contributed by atoms with Gasteiger partial charge in [0.1, 0.15) is 29.7 Å². The van der Waals surface area contributed by atoms with Crippen LogP contribution in [0.25, 0.3) is 22.4 Å². The van der Waals surface area contributed by atoms with Crippen LogP contribution in [0.4, 0.5) is 23.4 Å². The molecule has 0 amide bonds. The number of nitrogens with two attached hydrogens (primary N) is 1. The van der Waals surface area contributed by atoms with E-state index in [-0.39, 0.29) is 29.5 Å². The van der Waals surface area contributed by atoms with Gasteiger partial charge in [-0.3, -0.25) is 4.68 Å². The Morgan fingerprint density at radius 3 is 2.50 bits per heavy atom. The van der Waals surface area contributed by atoms with Gasteiger partial charge in [-0.2, -0.15) is 5.10 Å². The molecule has 7 nitrogen and oxygen atoms in total. The molecular formula is C21H17F4N5O2. The summed E-state index contributed by atoms with van der Waals surface area (Å²) in [5.41, 5.74) is 6.52. The lowest BCUT2D eigenvalue weighted by Gasteiger charge is -2.10. The molecule has 2 N–H and O–H groups in total. The molecule has 0 atom stereocenters. The van der Waals surface area contributed by atoms with Crippen LogP contribution in [0.1, 0.15) is 5.56 Å². The van der Waals surface area contributed by atoms with E-state index in [1.165, 1.54) is 18.0 Å². The minimum absolute atomic E-state index is 0.118. The van der Waals surface area contributed by atoms with Crippen molar-refractivity contribution in [2.75, 3.05) is 19.5 Å². The SMILES string of the molecule is COc1cnc(-c2nn(Cc3c(F)cc(OCC(F)F)cc3F)c3ccccc23)nc1N. The van der Waals surface area contributed by atoms with Gasteiger partial charge in [-0.25, -0.2) is 27.5 Å². The molecule has 4 rings (SSSR count). The maximum absolute atomic E-state index is 14.6. The maximum atomic E-state index is 14.6. The standard InChI is InChI=1S/C21H17F4N5O2/c1-31-17-8-27-21(28-20(17)26)19-12-4-2-3-5-16(12)30(29-19)9-13-14(22)6-11(7-15(13)23)32-10-18(24)25/h2-8,18H,9-10H2,1H3,(H2,26,27,28). The number of hydrogen-bond acceptors (Lipinski definition) is 6. The lowest BCUT2D eigenvalue weighted by Crippen LogP contribution is -2.10. The molecule has 32 heavy (non-hydrogen) atoms. The summed E-state index contributed by atoms with van der Waals surface area (Å²) in [5.74, 6) is -1.57. The molecule has 166 valence electrons. The number of nitrogens with zero attached hydrogens (tertiary/aromatic N) is 4. The van der Waals surface area contributed by atoms with Gasteiger partial charge < -0.3 is 15.2 Å². The van der Waals surface area contributed by atoms with Gasteiger partial charge in [-0.1, -0.05) is 18.2 Å². The Morgan fingerprint density at radius 1 is 1.12 bits per heavy atom. The fourth-order valence-electron chi connectivity index (χ4n) is 3.19. The van der Waals surface area contributed by atoms with Crippen LogP contribution in [-0.4, -0.2) is 39.9 Å². The second kappa shape index (κ2) is 8.69. The van der Waals surface area contributed by atoms with Gasteiger partial charge in [0.2, 0.25) is 0 Å². The first-order valence-electron chi connectivity index (χ1n) is 9.38. The van der Waals surface area contributed by atoms with Crippen LogP contribution in [-0.2, 0) is 6.54 Å². The highest BCUT2D eigenvalue weighted by Gasteiger charge is 2.19. The molecule has 2 aromatic carbocycles. The Kier molecular flexibility index (Phi) is 5.80. The Morgan fingerprint density at radius 2 is 1.84 bits per heavy atom. The summed E-state index contributed by atoms with van der Waals surface area (Å²) in [6.45, 7) is -1.23. The number of hydrogen-bond donors (Lipinski definition) is 1. The first-order valence-corrected chi connectivity index (χ1v) is 9.38. The predicted molar refractivity (Wildman–Crippen MR) is 109 cm³/mol. The summed E-state index contributed by atoms with van der Waals surface area (Å²) in [7, 11) is 1.44. The summed E-state index contributed by atoms with van der Waals surface area (Å²) in [5, 5.41) is 5.10. The number of benzene rings is 2. The molecule has 11 heteroatoms. The van der Waals surface area contributed by atoms with E-state index in [2.05, 4.69) is 15.1 Å². The maximum Gasteiger partial charge on any atom is 0.272 e. The first kappa shape index (κ1) is 21.3. The third-order valence-corrected chi connectivity index (χ3v) is 4.67. The van der Waals surface area contributed by atoms with Crippen LogP contribution in [0.2, 0.25) is 0 Å². The number of alkyl halides is 2. The van der Waals surface area contributed by atoms with Gasteiger partial charge in [0.15, 0.2) is 17.4 Å². The largest absolute Gasteiger partial charge is 0.491 e. The second-order valence-electron chi connectivity index (χ2n) is 6.74. The highest BCUT2D eigenvalue weighted by atomic mass is 19.3. The first-order chi connectivity index (χ1) is 15.4. The third-order valence-electron chi connectivity index (χ3n) is 4.67. The van der Waals surface area contributed by atoms with Crippen LogP contribution >= 0.6 is 0 Å². The Bertz CT molecular complexity index is 1260. The molecule has 2 aromatic heterocycles. The van der Waals surface area contributed by atoms with E-state index in [1.807, 2.05) is 0 Å². The number of ether oxygens (including phenoxy) is 2. The molecule has 0 saturated heterocycles. The van der Waals surface area contributed by atoms with Gasteiger partial charge in [-0.05, 0) is 6.07 Å². The zero-order valence-electron chi connectivity index (χ0n) is 16.7. The number of aromatic nitrogens is 4. The lowest BCUT2D eigenvalue weighted by molar-refractivity contribution is 0.0815. The number of halogens is 4. The van der Waals surface area contributed by atoms with Crippen molar-refractivity contribution < 1.29 is 27.0 Å². The molecule has 2 heterocycles. The van der Waals surface area contributed by atoms with E-state index >= 15 is 0 Å². The number of para-hydroxylation sites is 1. The van der Waals surface area contributed by atoms with E-state index in [0.29, 0.717) is 22.3 Å². The van der Waals surface area contributed by atoms with Crippen LogP contribution in [0.3, 0.4) is 0 Å². The fraction of sp³-hybridized carbons (Fsp3) is 0.190. The Balaban J connectivity index is 1.73. The van der Waals surface area contributed by atoms with Crippen molar-refractivity contribution in [1.29, 1.82) is 0 Å². The van der Waals surface area contributed by atoms with E-state index < -0.39 is 24.7 Å². The average molecular weight is 447 g/mol. The van der Waals surface area contributed by atoms with E-state index in [1.54, 1.807) is 24.3 Å². The zero-order valence-corrected chi connectivity index (χ0v) is 16.7. The molecule has 0 saturated carbocycles. The minimum Gasteiger partial charge on any atom is -0.491 e. The minimum atomic E-state index is -2.76. The molecule has 0 spiro atoms. The fourth-order valence-corrected chi connectivity index (χ4v) is 3.19. The summed E-state index contributed by atoms with van der Waals surface area (Å²) < 4.78 is 64.9. The second-order valence-corrected chi connectivity index (χ2v) is 6.74. The molecule has 0 aliphatic rings. The van der Waals surface area contributed by atoms with E-state index in [0.717, 1.165) is 12.1 Å². The van der Waals surface area contributed by atoms with Crippen molar-refractivity contribution in [2.24, 2.45) is 0 Å². The predicted octanol–water partition coefficient (Wildman–Crippen LogP) is 4.05. The Hall–Kier alpha value is -3.89. The Labute approximate surface area is 179 Å². The number of nitrogen functional groups attached to an aromatic ring is 1. The van der Waals surface area contributed by atoms with Crippen molar-refractivity contribution in [3.05, 3.63) is 59.8 Å². The topological polar surface area (TPSA) is 88.1 Å². The van der Waals surface area contributed by atoms with Gasteiger partial charge in [0, 0.05) is 23.1 Å². The van der Waals surface area contributed by atoms with Crippen molar-refractivity contribution in [3.8, 4) is 23.0 Å². The van der Waals surface area contributed by atoms with Crippen molar-refractivity contribution >= 4 is 16.7 Å². The quantitative estimate of drug-likeness (QED) is 0.430. The molecule has 0 radical (unpaired) electrons. The van der Waals surface area contributed by atoms with Gasteiger partial charge in [0.05, 0.1) is 25.4 Å². The zero-order chi connectivity index (χ0) is 22.8. The van der Waals surface area contributed by atoms with Crippen molar-refractivity contribution in [3.63, 3.8) is 0 Å². The lowest BCUT2D eigenvalue weighted by atomic mass is 10.1. The van der Waals surface area contributed by atoms with Crippen LogP contribution in [0.15, 0.2) is 42.6 Å². The molecule has 0 fully saturated rings. The molecule has 0 aliphatic carbocycles. The number of anilines is 1. The van der Waals surface area contributed by atoms with Gasteiger partial charge >= 0.3 is 0 Å². The van der Waals surface area contributed by atoms with E-state index in [9.17, 15) is 17.6 Å². The van der Waals surface area contributed by atoms with E-state index in [4.69, 9.17) is 15.2 Å². The number of methoxy groups -OCH3 is 1. The number of rotatable bonds is 7. The van der Waals surface area contributed by atoms with Crippen LogP contribution in [0, 0.1) is 11.6 Å². The summed E-state index contributed by atoms with van der Waals surface area (Å²) >= 11 is 0. The number of fused-ring (bicyclic) bond motifs is 1. The molecule has 4 aromatic rings. The summed E-state index contributed by atoms with van der Waals surface area (Å²) in [6, 6.07) is 8.75. The molecule has 0 aliphatic heterocycles. The molecule has 0 bridgehead atoms. The molecular weight excluding hydrogens is 430 g/mol. The van der Waals surface area contributed by atoms with Gasteiger partial charge in [0.25, 0.3) is 6.43 Å². The van der Waals surface area contributed by atoms with Gasteiger partial charge in [-0.15, -0.1) is 0 Å². The monoisotopic (exact) mass is 447 g/mol. The smallest absolute Gasteiger partial charge is 0.272 e.